The standard InChI is InChI=1S/C19H19FN4O/c1-12-3-2-4-14(20)17(12)13-5-9-24(10-6-13)16-11-15-18(23-19(16)25)22-8-7-21-15/h2-4,7-8,11,13H,5-6,9-10H2,1H3,(H,22,23,25). The molecule has 0 spiro atoms. The molecule has 0 amide bonds. The second-order valence-corrected chi connectivity index (χ2v) is 6.51. The number of aromatic nitrogens is 3. The molecule has 1 aliphatic rings. The number of nitrogens with one attached hydrogen (secondary N) is 1. The van der Waals surface area contributed by atoms with Crippen LogP contribution in [0.2, 0.25) is 0 Å². The molecule has 0 atom stereocenters. The van der Waals surface area contributed by atoms with Crippen molar-refractivity contribution in [2.45, 2.75) is 25.7 Å². The topological polar surface area (TPSA) is 61.9 Å². The Morgan fingerprint density at radius 2 is 1.96 bits per heavy atom. The number of aromatic amines is 1. The molecule has 6 heteroatoms. The van der Waals surface area contributed by atoms with E-state index in [0.29, 0.717) is 29.9 Å². The lowest BCUT2D eigenvalue weighted by Crippen LogP contribution is -2.36. The van der Waals surface area contributed by atoms with Crippen molar-refractivity contribution in [3.8, 4) is 0 Å². The summed E-state index contributed by atoms with van der Waals surface area (Å²) in [4.78, 5) is 25.6. The zero-order valence-corrected chi connectivity index (χ0v) is 14.0. The molecule has 0 radical (unpaired) electrons. The first kappa shape index (κ1) is 15.7. The largest absolute Gasteiger partial charge is 0.367 e. The third kappa shape index (κ3) is 2.88. The number of benzene rings is 1. The Labute approximate surface area is 144 Å². The second kappa shape index (κ2) is 6.27. The van der Waals surface area contributed by atoms with Crippen LogP contribution in [0.15, 0.2) is 41.5 Å². The van der Waals surface area contributed by atoms with Gasteiger partial charge in [-0.1, -0.05) is 12.1 Å². The first-order chi connectivity index (χ1) is 12.1. The fourth-order valence-corrected chi connectivity index (χ4v) is 3.72. The third-order valence-corrected chi connectivity index (χ3v) is 4.98. The van der Waals surface area contributed by atoms with E-state index in [4.69, 9.17) is 0 Å². The van der Waals surface area contributed by atoms with E-state index in [1.807, 2.05) is 13.0 Å². The quantitative estimate of drug-likeness (QED) is 0.780. The SMILES string of the molecule is Cc1cccc(F)c1C1CCN(c2cc3nccnc3[nH]c2=O)CC1. The number of hydrogen-bond acceptors (Lipinski definition) is 4. The van der Waals surface area contributed by atoms with Gasteiger partial charge in [-0.25, -0.2) is 9.37 Å². The zero-order valence-electron chi connectivity index (χ0n) is 14.0. The molecule has 1 N–H and O–H groups in total. The van der Waals surface area contributed by atoms with Crippen LogP contribution < -0.4 is 10.5 Å². The number of hydrogen-bond donors (Lipinski definition) is 1. The van der Waals surface area contributed by atoms with Crippen LogP contribution in [0.4, 0.5) is 10.1 Å². The van der Waals surface area contributed by atoms with Gasteiger partial charge in [-0.3, -0.25) is 9.78 Å². The molecule has 3 aromatic rings. The van der Waals surface area contributed by atoms with Crippen LogP contribution in [0.1, 0.15) is 29.9 Å². The molecule has 2 aromatic heterocycles. The van der Waals surface area contributed by atoms with Gasteiger partial charge in [-0.15, -0.1) is 0 Å². The molecule has 4 rings (SSSR count). The van der Waals surface area contributed by atoms with Gasteiger partial charge in [0.05, 0.1) is 0 Å². The molecule has 0 unspecified atom stereocenters. The number of aryl methyl sites for hydroxylation is 1. The van der Waals surface area contributed by atoms with E-state index in [-0.39, 0.29) is 17.3 Å². The summed E-state index contributed by atoms with van der Waals surface area (Å²) in [6.45, 7) is 3.39. The van der Waals surface area contributed by atoms with E-state index in [1.165, 1.54) is 6.07 Å². The molecule has 128 valence electrons. The highest BCUT2D eigenvalue weighted by molar-refractivity contribution is 5.73. The maximum atomic E-state index is 14.2. The lowest BCUT2D eigenvalue weighted by molar-refractivity contribution is 0.479. The van der Waals surface area contributed by atoms with E-state index in [0.717, 1.165) is 24.0 Å². The average Bonchev–Trinajstić information content (AvgIpc) is 2.62. The van der Waals surface area contributed by atoms with Gasteiger partial charge in [0.1, 0.15) is 17.0 Å². The van der Waals surface area contributed by atoms with E-state index in [9.17, 15) is 9.18 Å². The fraction of sp³-hybridized carbons (Fsp3) is 0.316. The van der Waals surface area contributed by atoms with Crippen molar-refractivity contribution in [1.29, 1.82) is 0 Å². The van der Waals surface area contributed by atoms with Crippen molar-refractivity contribution in [3.63, 3.8) is 0 Å². The molecule has 0 bridgehead atoms. The predicted octanol–water partition coefficient (Wildman–Crippen LogP) is 3.15. The lowest BCUT2D eigenvalue weighted by Gasteiger charge is -2.34. The van der Waals surface area contributed by atoms with Crippen molar-refractivity contribution in [2.24, 2.45) is 0 Å². The van der Waals surface area contributed by atoms with Crippen LogP contribution in [0.25, 0.3) is 11.2 Å². The second-order valence-electron chi connectivity index (χ2n) is 6.51. The van der Waals surface area contributed by atoms with Crippen molar-refractivity contribution in [1.82, 2.24) is 15.0 Å². The minimum atomic E-state index is -0.159. The van der Waals surface area contributed by atoms with Gasteiger partial charge in [0, 0.05) is 25.5 Å². The first-order valence-corrected chi connectivity index (χ1v) is 8.47. The maximum absolute atomic E-state index is 14.2. The number of piperidine rings is 1. The summed E-state index contributed by atoms with van der Waals surface area (Å²) in [5, 5.41) is 0. The van der Waals surface area contributed by atoms with Crippen molar-refractivity contribution >= 4 is 16.9 Å². The number of pyridine rings is 1. The summed E-state index contributed by atoms with van der Waals surface area (Å²) in [6.07, 6.45) is 4.80. The van der Waals surface area contributed by atoms with Crippen LogP contribution >= 0.6 is 0 Å². The Kier molecular flexibility index (Phi) is 3.95. The third-order valence-electron chi connectivity index (χ3n) is 4.98. The van der Waals surface area contributed by atoms with Crippen molar-refractivity contribution < 1.29 is 4.39 Å². The highest BCUT2D eigenvalue weighted by atomic mass is 19.1. The Morgan fingerprint density at radius 1 is 1.20 bits per heavy atom. The summed E-state index contributed by atoms with van der Waals surface area (Å²) in [5.41, 5.74) is 3.43. The van der Waals surface area contributed by atoms with Crippen LogP contribution in [-0.4, -0.2) is 28.0 Å². The van der Waals surface area contributed by atoms with Gasteiger partial charge in [-0.05, 0) is 48.9 Å². The number of halogens is 1. The minimum Gasteiger partial charge on any atom is -0.367 e. The van der Waals surface area contributed by atoms with E-state index < -0.39 is 0 Å². The molecule has 0 saturated carbocycles. The zero-order chi connectivity index (χ0) is 17.4. The van der Waals surface area contributed by atoms with Gasteiger partial charge in [0.2, 0.25) is 0 Å². The Hall–Kier alpha value is -2.76. The van der Waals surface area contributed by atoms with E-state index >= 15 is 0 Å². The molecule has 1 aliphatic heterocycles. The number of rotatable bonds is 2. The predicted molar refractivity (Wildman–Crippen MR) is 95.5 cm³/mol. The minimum absolute atomic E-state index is 0.128. The summed E-state index contributed by atoms with van der Waals surface area (Å²) < 4.78 is 14.2. The number of H-pyrrole nitrogens is 1. The molecule has 25 heavy (non-hydrogen) atoms. The maximum Gasteiger partial charge on any atom is 0.273 e. The van der Waals surface area contributed by atoms with Gasteiger partial charge in [0.25, 0.3) is 5.56 Å². The fourth-order valence-electron chi connectivity index (χ4n) is 3.72. The van der Waals surface area contributed by atoms with Gasteiger partial charge >= 0.3 is 0 Å². The van der Waals surface area contributed by atoms with Gasteiger partial charge in [-0.2, -0.15) is 0 Å². The summed E-state index contributed by atoms with van der Waals surface area (Å²) in [6, 6.07) is 7.02. The molecule has 0 aliphatic carbocycles. The number of anilines is 1. The molecule has 1 saturated heterocycles. The highest BCUT2D eigenvalue weighted by Gasteiger charge is 2.25. The van der Waals surface area contributed by atoms with Gasteiger partial charge in [0.15, 0.2) is 5.65 Å². The van der Waals surface area contributed by atoms with Crippen molar-refractivity contribution in [2.75, 3.05) is 18.0 Å². The Balaban J connectivity index is 1.58. The number of nitrogens with zero attached hydrogens (tertiary/aromatic N) is 3. The summed E-state index contributed by atoms with van der Waals surface area (Å²) in [7, 11) is 0. The average molecular weight is 338 g/mol. The molecular formula is C19H19FN4O. The monoisotopic (exact) mass is 338 g/mol. The van der Waals surface area contributed by atoms with Crippen molar-refractivity contribution in [3.05, 3.63) is 64.0 Å². The van der Waals surface area contributed by atoms with Crippen LogP contribution in [-0.2, 0) is 0 Å². The summed E-state index contributed by atoms with van der Waals surface area (Å²) >= 11 is 0. The molecule has 1 aromatic carbocycles. The van der Waals surface area contributed by atoms with Gasteiger partial charge < -0.3 is 9.88 Å². The Bertz CT molecular complexity index is 956. The van der Waals surface area contributed by atoms with E-state index in [1.54, 1.807) is 24.5 Å². The smallest absolute Gasteiger partial charge is 0.273 e. The number of fused-ring (bicyclic) bond motifs is 1. The summed E-state index contributed by atoms with van der Waals surface area (Å²) in [5.74, 6) is 0.0639. The Morgan fingerprint density at radius 3 is 2.72 bits per heavy atom. The highest BCUT2D eigenvalue weighted by Crippen LogP contribution is 2.33. The molecule has 1 fully saturated rings. The molecule has 5 nitrogen and oxygen atoms in total. The van der Waals surface area contributed by atoms with Crippen LogP contribution in [0, 0.1) is 12.7 Å². The first-order valence-electron chi connectivity index (χ1n) is 8.47. The van der Waals surface area contributed by atoms with E-state index in [2.05, 4.69) is 19.9 Å². The molecule has 3 heterocycles. The van der Waals surface area contributed by atoms with Crippen LogP contribution in [0.3, 0.4) is 0 Å². The molecular weight excluding hydrogens is 319 g/mol. The lowest BCUT2D eigenvalue weighted by atomic mass is 9.86. The normalized spacial score (nSPS) is 15.7. The van der Waals surface area contributed by atoms with Crippen LogP contribution in [0.5, 0.6) is 0 Å².